The van der Waals surface area contributed by atoms with Crippen LogP contribution in [-0.4, -0.2) is 54.7 Å². The summed E-state index contributed by atoms with van der Waals surface area (Å²) in [5.74, 6) is 0.178. The highest BCUT2D eigenvalue weighted by Crippen LogP contribution is 2.40. The molecule has 2 aliphatic heterocycles. The minimum absolute atomic E-state index is 0.178. The summed E-state index contributed by atoms with van der Waals surface area (Å²) in [5, 5.41) is 1.17. The Morgan fingerprint density at radius 1 is 1.19 bits per heavy atom. The molecule has 138 valence electrons. The number of morpholine rings is 1. The van der Waals surface area contributed by atoms with Crippen LogP contribution in [0, 0.1) is 0 Å². The molecule has 4 rings (SSSR count). The SMILES string of the molecule is C[C@H]1CCCCN1C(=O)c1cc(-c2ccncc2)c(N2CCOCC2)s1. The second-order valence-corrected chi connectivity index (χ2v) is 8.04. The van der Waals surface area contributed by atoms with Crippen molar-refractivity contribution in [3.63, 3.8) is 0 Å². The number of pyridine rings is 1. The van der Waals surface area contributed by atoms with Crippen molar-refractivity contribution in [3.05, 3.63) is 35.5 Å². The van der Waals surface area contributed by atoms with Crippen LogP contribution >= 0.6 is 11.3 Å². The second-order valence-electron chi connectivity index (χ2n) is 7.01. The number of carbonyl (C=O) groups is 1. The molecule has 0 aliphatic carbocycles. The molecule has 4 heterocycles. The lowest BCUT2D eigenvalue weighted by Crippen LogP contribution is -2.41. The number of carbonyl (C=O) groups excluding carboxylic acids is 1. The molecule has 2 aliphatic rings. The Labute approximate surface area is 158 Å². The Balaban J connectivity index is 1.69. The topological polar surface area (TPSA) is 45.7 Å². The van der Waals surface area contributed by atoms with Crippen LogP contribution in [0.3, 0.4) is 0 Å². The summed E-state index contributed by atoms with van der Waals surface area (Å²) in [6.07, 6.45) is 7.05. The lowest BCUT2D eigenvalue weighted by atomic mass is 10.0. The Morgan fingerprint density at radius 2 is 1.96 bits per heavy atom. The minimum atomic E-state index is 0.178. The van der Waals surface area contributed by atoms with Crippen LogP contribution in [0.15, 0.2) is 30.6 Å². The van der Waals surface area contributed by atoms with E-state index in [1.54, 1.807) is 11.3 Å². The monoisotopic (exact) mass is 371 g/mol. The molecule has 0 aromatic carbocycles. The number of aromatic nitrogens is 1. The Kier molecular flexibility index (Phi) is 5.22. The fourth-order valence-corrected chi connectivity index (χ4v) is 4.96. The number of rotatable bonds is 3. The third-order valence-corrected chi connectivity index (χ3v) is 6.46. The molecule has 6 heteroatoms. The summed E-state index contributed by atoms with van der Waals surface area (Å²) in [6.45, 7) is 6.24. The summed E-state index contributed by atoms with van der Waals surface area (Å²) in [4.78, 5) is 22.5. The number of piperidine rings is 1. The van der Waals surface area contributed by atoms with Gasteiger partial charge in [-0.1, -0.05) is 0 Å². The highest BCUT2D eigenvalue weighted by Gasteiger charge is 2.28. The number of nitrogens with zero attached hydrogens (tertiary/aromatic N) is 3. The summed E-state index contributed by atoms with van der Waals surface area (Å²) < 4.78 is 5.51. The van der Waals surface area contributed by atoms with Crippen molar-refractivity contribution in [2.75, 3.05) is 37.7 Å². The number of hydrogen-bond donors (Lipinski definition) is 0. The van der Waals surface area contributed by atoms with E-state index in [1.807, 2.05) is 24.5 Å². The van der Waals surface area contributed by atoms with Gasteiger partial charge < -0.3 is 14.5 Å². The van der Waals surface area contributed by atoms with Gasteiger partial charge in [0.15, 0.2) is 0 Å². The molecule has 0 N–H and O–H groups in total. The molecular formula is C20H25N3O2S. The molecule has 2 aromatic rings. The zero-order valence-electron chi connectivity index (χ0n) is 15.2. The van der Waals surface area contributed by atoms with Crippen molar-refractivity contribution in [1.29, 1.82) is 0 Å². The molecule has 5 nitrogen and oxygen atoms in total. The quantitative estimate of drug-likeness (QED) is 0.826. The third kappa shape index (κ3) is 3.48. The number of ether oxygens (including phenoxy) is 1. The zero-order valence-corrected chi connectivity index (χ0v) is 16.0. The summed E-state index contributed by atoms with van der Waals surface area (Å²) in [6, 6.07) is 6.44. The molecule has 0 unspecified atom stereocenters. The minimum Gasteiger partial charge on any atom is -0.378 e. The summed E-state index contributed by atoms with van der Waals surface area (Å²) in [5.41, 5.74) is 2.25. The van der Waals surface area contributed by atoms with Gasteiger partial charge in [-0.25, -0.2) is 0 Å². The number of likely N-dealkylation sites (tertiary alicyclic amines) is 1. The first-order valence-corrected chi connectivity index (χ1v) is 10.2. The first-order chi connectivity index (χ1) is 12.7. The van der Waals surface area contributed by atoms with E-state index in [0.29, 0.717) is 6.04 Å². The van der Waals surface area contributed by atoms with Crippen molar-refractivity contribution in [3.8, 4) is 11.1 Å². The van der Waals surface area contributed by atoms with E-state index in [4.69, 9.17) is 4.74 Å². The van der Waals surface area contributed by atoms with E-state index < -0.39 is 0 Å². The van der Waals surface area contributed by atoms with Crippen LogP contribution in [-0.2, 0) is 4.74 Å². The van der Waals surface area contributed by atoms with Crippen molar-refractivity contribution >= 4 is 22.2 Å². The van der Waals surface area contributed by atoms with Gasteiger partial charge in [0.05, 0.1) is 23.1 Å². The van der Waals surface area contributed by atoms with E-state index in [9.17, 15) is 4.79 Å². The third-order valence-electron chi connectivity index (χ3n) is 5.28. The van der Waals surface area contributed by atoms with Gasteiger partial charge in [0.1, 0.15) is 0 Å². The molecule has 2 fully saturated rings. The van der Waals surface area contributed by atoms with Gasteiger partial charge in [0.2, 0.25) is 0 Å². The largest absolute Gasteiger partial charge is 0.378 e. The maximum atomic E-state index is 13.2. The fourth-order valence-electron chi connectivity index (χ4n) is 3.77. The van der Waals surface area contributed by atoms with Crippen molar-refractivity contribution < 1.29 is 9.53 Å². The fraction of sp³-hybridized carbons (Fsp3) is 0.500. The Hall–Kier alpha value is -1.92. The Morgan fingerprint density at radius 3 is 2.69 bits per heavy atom. The van der Waals surface area contributed by atoms with E-state index in [1.165, 1.54) is 11.4 Å². The van der Waals surface area contributed by atoms with Crippen molar-refractivity contribution in [2.24, 2.45) is 0 Å². The number of thiophene rings is 1. The predicted molar refractivity (Wildman–Crippen MR) is 105 cm³/mol. The smallest absolute Gasteiger partial charge is 0.264 e. The van der Waals surface area contributed by atoms with Crippen LogP contribution in [0.5, 0.6) is 0 Å². The van der Waals surface area contributed by atoms with Gasteiger partial charge >= 0.3 is 0 Å². The Bertz CT molecular complexity index is 756. The summed E-state index contributed by atoms with van der Waals surface area (Å²) >= 11 is 1.62. The second kappa shape index (κ2) is 7.76. The molecule has 2 saturated heterocycles. The number of hydrogen-bond acceptors (Lipinski definition) is 5. The predicted octanol–water partition coefficient (Wildman–Crippen LogP) is 3.66. The van der Waals surface area contributed by atoms with Crippen LogP contribution in [0.1, 0.15) is 35.9 Å². The van der Waals surface area contributed by atoms with Gasteiger partial charge in [-0.05, 0) is 49.9 Å². The molecule has 26 heavy (non-hydrogen) atoms. The van der Waals surface area contributed by atoms with Crippen molar-refractivity contribution in [2.45, 2.75) is 32.2 Å². The standard InChI is InChI=1S/C20H25N3O2S/c1-15-4-2-3-9-23(15)19(24)18-14-17(16-5-7-21-8-6-16)20(26-18)22-10-12-25-13-11-22/h5-8,14-15H,2-4,9-13H2,1H3/t15-/m0/s1. The van der Waals surface area contributed by atoms with Crippen LogP contribution < -0.4 is 4.90 Å². The van der Waals surface area contributed by atoms with E-state index in [0.717, 1.165) is 61.7 Å². The first kappa shape index (κ1) is 17.5. The van der Waals surface area contributed by atoms with Crippen LogP contribution in [0.2, 0.25) is 0 Å². The average molecular weight is 372 g/mol. The van der Waals surface area contributed by atoms with E-state index in [-0.39, 0.29) is 5.91 Å². The van der Waals surface area contributed by atoms with Gasteiger partial charge in [-0.2, -0.15) is 0 Å². The molecule has 0 radical (unpaired) electrons. The highest BCUT2D eigenvalue weighted by molar-refractivity contribution is 7.18. The van der Waals surface area contributed by atoms with Crippen LogP contribution in [0.4, 0.5) is 5.00 Å². The summed E-state index contributed by atoms with van der Waals surface area (Å²) in [7, 11) is 0. The molecule has 0 saturated carbocycles. The van der Waals surface area contributed by atoms with Gasteiger partial charge in [0.25, 0.3) is 5.91 Å². The zero-order chi connectivity index (χ0) is 17.9. The number of amides is 1. The van der Waals surface area contributed by atoms with Gasteiger partial charge in [-0.3, -0.25) is 9.78 Å². The molecule has 0 spiro atoms. The van der Waals surface area contributed by atoms with E-state index >= 15 is 0 Å². The van der Waals surface area contributed by atoms with E-state index in [2.05, 4.69) is 27.8 Å². The van der Waals surface area contributed by atoms with Gasteiger partial charge in [-0.15, -0.1) is 11.3 Å². The molecule has 1 amide bonds. The lowest BCUT2D eigenvalue weighted by Gasteiger charge is -2.33. The molecular weight excluding hydrogens is 346 g/mol. The molecule has 2 aromatic heterocycles. The van der Waals surface area contributed by atoms with Gasteiger partial charge in [0, 0.05) is 43.6 Å². The number of anilines is 1. The maximum absolute atomic E-state index is 13.2. The molecule has 0 bridgehead atoms. The van der Waals surface area contributed by atoms with Crippen LogP contribution in [0.25, 0.3) is 11.1 Å². The van der Waals surface area contributed by atoms with Crippen molar-refractivity contribution in [1.82, 2.24) is 9.88 Å². The first-order valence-electron chi connectivity index (χ1n) is 9.42. The lowest BCUT2D eigenvalue weighted by molar-refractivity contribution is 0.0640. The normalized spacial score (nSPS) is 21.0. The average Bonchev–Trinajstić information content (AvgIpc) is 3.15. The highest BCUT2D eigenvalue weighted by atomic mass is 32.1. The molecule has 1 atom stereocenters. The maximum Gasteiger partial charge on any atom is 0.264 e.